The van der Waals surface area contributed by atoms with Gasteiger partial charge >= 0.3 is 0 Å². The van der Waals surface area contributed by atoms with E-state index >= 15 is 0 Å². The molecule has 0 atom stereocenters. The highest BCUT2D eigenvalue weighted by molar-refractivity contribution is 9.10. The maximum absolute atomic E-state index is 12.3. The molecule has 0 N–H and O–H groups in total. The maximum atomic E-state index is 12.3. The van der Waals surface area contributed by atoms with E-state index in [-0.39, 0.29) is 11.3 Å². The lowest BCUT2D eigenvalue weighted by molar-refractivity contribution is 0.104. The van der Waals surface area contributed by atoms with E-state index in [9.17, 15) is 9.59 Å². The van der Waals surface area contributed by atoms with E-state index < -0.39 is 0 Å². The van der Waals surface area contributed by atoms with Gasteiger partial charge in [0.15, 0.2) is 0 Å². The van der Waals surface area contributed by atoms with Crippen molar-refractivity contribution in [3.05, 3.63) is 85.9 Å². The Labute approximate surface area is 133 Å². The van der Waals surface area contributed by atoms with Gasteiger partial charge in [-0.3, -0.25) is 9.59 Å². The van der Waals surface area contributed by atoms with Crippen molar-refractivity contribution < 1.29 is 4.79 Å². The Balaban J connectivity index is 2.00. The zero-order chi connectivity index (χ0) is 14.8. The number of rotatable bonds is 3. The van der Waals surface area contributed by atoms with E-state index in [0.717, 1.165) is 21.7 Å². The lowest BCUT2D eigenvalue weighted by Crippen LogP contribution is -2.09. The minimum Gasteiger partial charge on any atom is -0.288 e. The molecule has 3 rings (SSSR count). The second kappa shape index (κ2) is 5.79. The molecular weight excluding hydrogens is 350 g/mol. The average Bonchev–Trinajstić information content (AvgIpc) is 2.90. The van der Waals surface area contributed by atoms with Gasteiger partial charge in [0, 0.05) is 16.1 Å². The molecule has 0 aliphatic rings. The fraction of sp³-hybridized carbons (Fsp3) is 0. The molecule has 21 heavy (non-hydrogen) atoms. The van der Waals surface area contributed by atoms with Crippen LogP contribution in [-0.4, -0.2) is 9.74 Å². The van der Waals surface area contributed by atoms with Crippen LogP contribution in [0.15, 0.2) is 69.9 Å². The molecule has 3 nitrogen and oxygen atoms in total. The number of hydrogen-bond donors (Lipinski definition) is 0. The second-order valence-corrected chi connectivity index (χ2v) is 6.31. The van der Waals surface area contributed by atoms with Gasteiger partial charge < -0.3 is 0 Å². The number of ketones is 1. The fourth-order valence-electron chi connectivity index (χ4n) is 1.94. The van der Waals surface area contributed by atoms with Crippen LogP contribution < -0.4 is 5.56 Å². The van der Waals surface area contributed by atoms with Gasteiger partial charge in [-0.1, -0.05) is 46.3 Å². The molecule has 1 aromatic heterocycles. The SMILES string of the molecule is O=C(c1ccccc1)c1cc(=O)n(-c2ccc(Br)cc2)s1. The molecule has 0 saturated carbocycles. The van der Waals surface area contributed by atoms with Crippen LogP contribution in [0.25, 0.3) is 5.69 Å². The number of halogens is 1. The molecule has 0 radical (unpaired) electrons. The molecular formula is C16H10BrNO2S. The molecule has 0 aliphatic carbocycles. The van der Waals surface area contributed by atoms with Crippen LogP contribution in [0.3, 0.4) is 0 Å². The quantitative estimate of drug-likeness (QED) is 0.665. The van der Waals surface area contributed by atoms with Gasteiger partial charge in [-0.05, 0) is 35.8 Å². The standard InChI is InChI=1S/C16H10BrNO2S/c17-12-6-8-13(9-7-12)18-15(19)10-14(21-18)16(20)11-4-2-1-3-5-11/h1-10H. The van der Waals surface area contributed by atoms with Gasteiger partial charge in [-0.15, -0.1) is 0 Å². The van der Waals surface area contributed by atoms with Crippen LogP contribution in [0.4, 0.5) is 0 Å². The Morgan fingerprint density at radius 3 is 2.33 bits per heavy atom. The van der Waals surface area contributed by atoms with Crippen LogP contribution >= 0.6 is 27.5 Å². The van der Waals surface area contributed by atoms with Crippen molar-refractivity contribution in [2.45, 2.75) is 0 Å². The average molecular weight is 360 g/mol. The van der Waals surface area contributed by atoms with Crippen molar-refractivity contribution in [3.8, 4) is 5.69 Å². The summed E-state index contributed by atoms with van der Waals surface area (Å²) in [7, 11) is 0. The molecule has 0 amide bonds. The van der Waals surface area contributed by atoms with Crippen molar-refractivity contribution in [1.29, 1.82) is 0 Å². The lowest BCUT2D eigenvalue weighted by Gasteiger charge is -2.00. The Morgan fingerprint density at radius 1 is 1.00 bits per heavy atom. The van der Waals surface area contributed by atoms with E-state index in [1.54, 1.807) is 12.1 Å². The van der Waals surface area contributed by atoms with Gasteiger partial charge in [-0.2, -0.15) is 0 Å². The largest absolute Gasteiger partial charge is 0.288 e. The lowest BCUT2D eigenvalue weighted by atomic mass is 10.1. The molecule has 0 bridgehead atoms. The predicted octanol–water partition coefficient (Wildman–Crippen LogP) is 3.89. The molecule has 5 heteroatoms. The number of carbonyl (C=O) groups excluding carboxylic acids is 1. The monoisotopic (exact) mass is 359 g/mol. The molecule has 1 heterocycles. The molecule has 104 valence electrons. The predicted molar refractivity (Wildman–Crippen MR) is 87.5 cm³/mol. The van der Waals surface area contributed by atoms with Crippen molar-refractivity contribution in [3.63, 3.8) is 0 Å². The summed E-state index contributed by atoms with van der Waals surface area (Å²) in [5, 5.41) is 0. The zero-order valence-electron chi connectivity index (χ0n) is 10.8. The first-order valence-electron chi connectivity index (χ1n) is 6.24. The smallest absolute Gasteiger partial charge is 0.266 e. The summed E-state index contributed by atoms with van der Waals surface area (Å²) in [4.78, 5) is 24.9. The highest BCUT2D eigenvalue weighted by atomic mass is 79.9. The summed E-state index contributed by atoms with van der Waals surface area (Å²) in [5.41, 5.74) is 1.14. The van der Waals surface area contributed by atoms with Crippen LogP contribution in [0.1, 0.15) is 15.2 Å². The summed E-state index contributed by atoms with van der Waals surface area (Å²) in [6.07, 6.45) is 0. The third-order valence-electron chi connectivity index (χ3n) is 2.97. The van der Waals surface area contributed by atoms with E-state index in [1.807, 2.05) is 42.5 Å². The molecule has 3 aromatic rings. The summed E-state index contributed by atoms with van der Waals surface area (Å²) in [6, 6.07) is 17.7. The van der Waals surface area contributed by atoms with Gasteiger partial charge in [0.05, 0.1) is 10.6 Å². The minimum absolute atomic E-state index is 0.131. The minimum atomic E-state index is -0.193. The molecule has 0 aliphatic heterocycles. The molecule has 0 fully saturated rings. The van der Waals surface area contributed by atoms with Gasteiger partial charge in [-0.25, -0.2) is 3.96 Å². The van der Waals surface area contributed by atoms with Crippen molar-refractivity contribution in [1.82, 2.24) is 3.96 Å². The Bertz CT molecular complexity index is 835. The fourth-order valence-corrected chi connectivity index (χ4v) is 3.12. The summed E-state index contributed by atoms with van der Waals surface area (Å²) >= 11 is 4.52. The van der Waals surface area contributed by atoms with Gasteiger partial charge in [0.25, 0.3) is 5.56 Å². The summed E-state index contributed by atoms with van der Waals surface area (Å²) in [5.74, 6) is -0.131. The third kappa shape index (κ3) is 2.89. The van der Waals surface area contributed by atoms with E-state index in [0.29, 0.717) is 10.4 Å². The Kier molecular flexibility index (Phi) is 3.86. The van der Waals surface area contributed by atoms with E-state index in [4.69, 9.17) is 0 Å². The van der Waals surface area contributed by atoms with E-state index in [2.05, 4.69) is 15.9 Å². The van der Waals surface area contributed by atoms with Crippen LogP contribution in [0, 0.1) is 0 Å². The third-order valence-corrected chi connectivity index (χ3v) is 4.57. The van der Waals surface area contributed by atoms with Crippen molar-refractivity contribution in [2.75, 3.05) is 0 Å². The number of carbonyl (C=O) groups is 1. The highest BCUT2D eigenvalue weighted by Gasteiger charge is 2.14. The van der Waals surface area contributed by atoms with Crippen LogP contribution in [0.5, 0.6) is 0 Å². The number of nitrogens with zero attached hydrogens (tertiary/aromatic N) is 1. The normalized spacial score (nSPS) is 10.5. The Morgan fingerprint density at radius 2 is 1.67 bits per heavy atom. The summed E-state index contributed by atoms with van der Waals surface area (Å²) in [6.45, 7) is 0. The zero-order valence-corrected chi connectivity index (χ0v) is 13.2. The first kappa shape index (κ1) is 14.0. The van der Waals surface area contributed by atoms with Crippen molar-refractivity contribution >= 4 is 33.2 Å². The molecule has 0 unspecified atom stereocenters. The van der Waals surface area contributed by atoms with Crippen LogP contribution in [-0.2, 0) is 0 Å². The summed E-state index contributed by atoms with van der Waals surface area (Å²) < 4.78 is 2.46. The van der Waals surface area contributed by atoms with Crippen LogP contribution in [0.2, 0.25) is 0 Å². The van der Waals surface area contributed by atoms with E-state index in [1.165, 1.54) is 10.0 Å². The second-order valence-electron chi connectivity index (χ2n) is 4.40. The van der Waals surface area contributed by atoms with Crippen molar-refractivity contribution in [2.24, 2.45) is 0 Å². The topological polar surface area (TPSA) is 39.1 Å². The molecule has 0 spiro atoms. The Hall–Kier alpha value is -1.98. The first-order chi connectivity index (χ1) is 10.1. The number of hydrogen-bond acceptors (Lipinski definition) is 3. The van der Waals surface area contributed by atoms with Gasteiger partial charge in [0.1, 0.15) is 0 Å². The molecule has 2 aromatic carbocycles. The first-order valence-corrected chi connectivity index (χ1v) is 7.81. The highest BCUT2D eigenvalue weighted by Crippen LogP contribution is 2.18. The van der Waals surface area contributed by atoms with Gasteiger partial charge in [0.2, 0.25) is 5.78 Å². The number of aromatic nitrogens is 1. The molecule has 0 saturated heterocycles. The maximum Gasteiger partial charge on any atom is 0.266 e. The number of benzene rings is 2.